The molecule has 1 aromatic carbocycles. The third-order valence-corrected chi connectivity index (χ3v) is 7.23. The van der Waals surface area contributed by atoms with Crippen molar-refractivity contribution in [1.29, 1.82) is 0 Å². The Hall–Kier alpha value is -1.89. The zero-order valence-corrected chi connectivity index (χ0v) is 19.4. The molecule has 2 aliphatic rings. The van der Waals surface area contributed by atoms with Gasteiger partial charge in [0, 0.05) is 49.4 Å². The smallest absolute Gasteiger partial charge is 0.250 e. The largest absolute Gasteiger partial charge is 0.365 e. The molecular formula is C24H33ClN4O2. The molecule has 0 radical (unpaired) electrons. The summed E-state index contributed by atoms with van der Waals surface area (Å²) in [6.07, 6.45) is 5.02. The van der Waals surface area contributed by atoms with Gasteiger partial charge in [0.05, 0.1) is 12.3 Å². The van der Waals surface area contributed by atoms with Gasteiger partial charge in [0.1, 0.15) is 6.10 Å². The van der Waals surface area contributed by atoms with E-state index in [0.717, 1.165) is 37.1 Å². The van der Waals surface area contributed by atoms with Crippen molar-refractivity contribution in [3.05, 3.63) is 52.3 Å². The van der Waals surface area contributed by atoms with Crippen molar-refractivity contribution >= 4 is 17.5 Å². The van der Waals surface area contributed by atoms with Gasteiger partial charge in [-0.3, -0.25) is 14.4 Å². The number of benzene rings is 1. The van der Waals surface area contributed by atoms with Gasteiger partial charge < -0.3 is 10.1 Å². The lowest BCUT2D eigenvalue weighted by Crippen LogP contribution is -2.58. The predicted octanol–water partition coefficient (Wildman–Crippen LogP) is 3.47. The van der Waals surface area contributed by atoms with Gasteiger partial charge in [-0.05, 0) is 62.8 Å². The number of aromatic nitrogens is 2. The fraction of sp³-hybridized carbons (Fsp3) is 0.583. The molecule has 0 spiro atoms. The van der Waals surface area contributed by atoms with Crippen molar-refractivity contribution in [2.24, 2.45) is 7.05 Å². The van der Waals surface area contributed by atoms with Crippen LogP contribution < -0.4 is 5.32 Å². The molecule has 2 unspecified atom stereocenters. The summed E-state index contributed by atoms with van der Waals surface area (Å²) in [5.74, 6) is 0.495. The third-order valence-electron chi connectivity index (χ3n) is 6.98. The summed E-state index contributed by atoms with van der Waals surface area (Å²) >= 11 is 6.06. The molecular weight excluding hydrogens is 412 g/mol. The van der Waals surface area contributed by atoms with Crippen LogP contribution in [0.1, 0.15) is 48.6 Å². The van der Waals surface area contributed by atoms with Crippen LogP contribution in [-0.2, 0) is 23.0 Å². The number of aryl methyl sites for hydroxylation is 2. The Labute approximate surface area is 189 Å². The molecule has 2 aromatic rings. The summed E-state index contributed by atoms with van der Waals surface area (Å²) < 4.78 is 7.95. The van der Waals surface area contributed by atoms with Gasteiger partial charge in [0.15, 0.2) is 0 Å². The number of hydrogen-bond donors (Lipinski definition) is 1. The maximum atomic E-state index is 12.3. The average Bonchev–Trinajstić information content (AvgIpc) is 3.13. The number of morpholine rings is 1. The summed E-state index contributed by atoms with van der Waals surface area (Å²) in [7, 11) is 3.69. The van der Waals surface area contributed by atoms with E-state index in [1.54, 1.807) is 7.05 Å². The molecule has 1 amide bonds. The molecule has 31 heavy (non-hydrogen) atoms. The number of likely N-dealkylation sites (N-methyl/N-ethyl adjacent to an activating group) is 1. The van der Waals surface area contributed by atoms with Crippen molar-refractivity contribution in [2.45, 2.75) is 63.1 Å². The van der Waals surface area contributed by atoms with Crippen LogP contribution in [0.15, 0.2) is 30.3 Å². The Kier molecular flexibility index (Phi) is 6.99. The minimum absolute atomic E-state index is 0.0346. The Bertz CT molecular complexity index is 870. The van der Waals surface area contributed by atoms with Gasteiger partial charge in [-0.15, -0.1) is 0 Å². The topological polar surface area (TPSA) is 59.4 Å². The molecule has 1 aliphatic carbocycles. The molecule has 4 rings (SSSR count). The Morgan fingerprint density at radius 1 is 1.23 bits per heavy atom. The lowest BCUT2D eigenvalue weighted by atomic mass is 9.82. The molecule has 1 aliphatic heterocycles. The second-order valence-electron chi connectivity index (χ2n) is 8.96. The minimum atomic E-state index is -0.400. The molecule has 7 heteroatoms. The second kappa shape index (κ2) is 9.72. The van der Waals surface area contributed by atoms with Crippen molar-refractivity contribution < 1.29 is 9.53 Å². The quantitative estimate of drug-likeness (QED) is 0.767. The number of rotatable bonds is 5. The summed E-state index contributed by atoms with van der Waals surface area (Å²) in [6.45, 7) is 3.33. The van der Waals surface area contributed by atoms with Gasteiger partial charge >= 0.3 is 0 Å². The zero-order valence-electron chi connectivity index (χ0n) is 18.7. The van der Waals surface area contributed by atoms with Crippen LogP contribution >= 0.6 is 11.6 Å². The number of amides is 1. The maximum Gasteiger partial charge on any atom is 0.250 e. The number of nitrogens with one attached hydrogen (secondary N) is 1. The highest BCUT2D eigenvalue weighted by Gasteiger charge is 2.38. The number of nitrogens with zero attached hydrogens (tertiary/aromatic N) is 3. The fourth-order valence-electron chi connectivity index (χ4n) is 5.04. The van der Waals surface area contributed by atoms with Crippen molar-refractivity contribution in [3.63, 3.8) is 0 Å². The first-order chi connectivity index (χ1) is 14.9. The van der Waals surface area contributed by atoms with E-state index in [0.29, 0.717) is 25.1 Å². The van der Waals surface area contributed by atoms with E-state index in [9.17, 15) is 4.79 Å². The molecule has 1 saturated carbocycles. The van der Waals surface area contributed by atoms with E-state index in [2.05, 4.69) is 35.3 Å². The Balaban J connectivity index is 1.45. The normalized spacial score (nSPS) is 27.2. The van der Waals surface area contributed by atoms with Crippen molar-refractivity contribution in [3.8, 4) is 0 Å². The van der Waals surface area contributed by atoms with E-state index in [-0.39, 0.29) is 11.9 Å². The van der Waals surface area contributed by atoms with Crippen LogP contribution in [0.2, 0.25) is 5.02 Å². The van der Waals surface area contributed by atoms with E-state index in [1.807, 2.05) is 23.9 Å². The van der Waals surface area contributed by atoms with Crippen LogP contribution in [0.4, 0.5) is 0 Å². The highest BCUT2D eigenvalue weighted by atomic mass is 35.5. The molecule has 1 N–H and O–H groups in total. The van der Waals surface area contributed by atoms with Crippen molar-refractivity contribution in [2.75, 3.05) is 20.2 Å². The molecule has 2 heterocycles. The van der Waals surface area contributed by atoms with E-state index in [4.69, 9.17) is 21.4 Å². The first-order valence-corrected chi connectivity index (χ1v) is 11.7. The first-order valence-electron chi connectivity index (χ1n) is 11.3. The number of carbonyl (C=O) groups is 1. The van der Waals surface area contributed by atoms with Gasteiger partial charge in [0.2, 0.25) is 5.91 Å². The molecule has 0 bridgehead atoms. The second-order valence-corrected chi connectivity index (χ2v) is 9.39. The molecule has 168 valence electrons. The Morgan fingerprint density at radius 2 is 1.94 bits per heavy atom. The SMILES string of the molecule is CNC(=O)C1CN(C2CCC(c3cc(C)n(C)n3)CC2)C(Cc2ccc(Cl)cc2)CO1. The summed E-state index contributed by atoms with van der Waals surface area (Å²) in [6, 6.07) is 11.0. The molecule has 1 aromatic heterocycles. The first kappa shape index (κ1) is 22.3. The van der Waals surface area contributed by atoms with Gasteiger partial charge in [0.25, 0.3) is 0 Å². The lowest BCUT2D eigenvalue weighted by Gasteiger charge is -2.45. The fourth-order valence-corrected chi connectivity index (χ4v) is 5.17. The zero-order chi connectivity index (χ0) is 22.0. The molecule has 1 saturated heterocycles. The monoisotopic (exact) mass is 444 g/mol. The summed E-state index contributed by atoms with van der Waals surface area (Å²) in [4.78, 5) is 14.8. The van der Waals surface area contributed by atoms with Crippen LogP contribution in [0.3, 0.4) is 0 Å². The van der Waals surface area contributed by atoms with Crippen LogP contribution in [0.25, 0.3) is 0 Å². The highest BCUT2D eigenvalue weighted by molar-refractivity contribution is 6.30. The lowest BCUT2D eigenvalue weighted by molar-refractivity contribution is -0.144. The summed E-state index contributed by atoms with van der Waals surface area (Å²) in [5.41, 5.74) is 3.68. The minimum Gasteiger partial charge on any atom is -0.365 e. The number of carbonyl (C=O) groups excluding carboxylic acids is 1. The van der Waals surface area contributed by atoms with Crippen molar-refractivity contribution in [1.82, 2.24) is 20.0 Å². The summed E-state index contributed by atoms with van der Waals surface area (Å²) in [5, 5.41) is 8.22. The maximum absolute atomic E-state index is 12.3. The Morgan fingerprint density at radius 3 is 2.55 bits per heavy atom. The average molecular weight is 445 g/mol. The van der Waals surface area contributed by atoms with Gasteiger partial charge in [-0.2, -0.15) is 5.10 Å². The standard InChI is InChI=1S/C24H33ClN4O2/c1-16-12-22(27-28(16)3)18-6-10-20(11-7-18)29-14-23(24(30)26-2)31-15-21(29)13-17-4-8-19(25)9-5-17/h4-5,8-9,12,18,20-21,23H,6-7,10-11,13-15H2,1-3H3,(H,26,30). The van der Waals surface area contributed by atoms with E-state index < -0.39 is 6.10 Å². The van der Waals surface area contributed by atoms with Gasteiger partial charge in [-0.25, -0.2) is 0 Å². The van der Waals surface area contributed by atoms with Crippen LogP contribution in [-0.4, -0.2) is 59.0 Å². The number of halogens is 1. The number of hydrogen-bond acceptors (Lipinski definition) is 4. The van der Waals surface area contributed by atoms with Crippen LogP contribution in [0, 0.1) is 6.92 Å². The van der Waals surface area contributed by atoms with E-state index in [1.165, 1.54) is 17.0 Å². The molecule has 2 fully saturated rings. The highest BCUT2D eigenvalue weighted by Crippen LogP contribution is 2.36. The number of ether oxygens (including phenoxy) is 1. The van der Waals surface area contributed by atoms with E-state index >= 15 is 0 Å². The molecule has 2 atom stereocenters. The van der Waals surface area contributed by atoms with Crippen LogP contribution in [0.5, 0.6) is 0 Å². The predicted molar refractivity (Wildman–Crippen MR) is 122 cm³/mol. The molecule has 6 nitrogen and oxygen atoms in total. The van der Waals surface area contributed by atoms with Gasteiger partial charge in [-0.1, -0.05) is 23.7 Å². The third kappa shape index (κ3) is 5.13.